The lowest BCUT2D eigenvalue weighted by Crippen LogP contribution is -2.03. The van der Waals surface area contributed by atoms with Crippen LogP contribution in [-0.4, -0.2) is 34.3 Å². The molecule has 0 unspecified atom stereocenters. The second-order valence-electron chi connectivity index (χ2n) is 6.05. The van der Waals surface area contributed by atoms with E-state index in [0.29, 0.717) is 41.1 Å². The first-order valence-electron chi connectivity index (χ1n) is 7.92. The molecule has 25 heavy (non-hydrogen) atoms. The summed E-state index contributed by atoms with van der Waals surface area (Å²) >= 11 is 0. The van der Waals surface area contributed by atoms with Gasteiger partial charge >= 0.3 is 0 Å². The molecule has 1 aliphatic heterocycles. The number of aryl methyl sites for hydroxylation is 1. The van der Waals surface area contributed by atoms with Gasteiger partial charge in [-0.2, -0.15) is 0 Å². The number of ether oxygens (including phenoxy) is 2. The Hall–Kier alpha value is -3.15. The maximum atomic E-state index is 13.1. The molecule has 0 saturated carbocycles. The van der Waals surface area contributed by atoms with E-state index in [2.05, 4.69) is 0 Å². The highest BCUT2D eigenvalue weighted by Gasteiger charge is 2.31. The maximum absolute atomic E-state index is 13.1. The molecule has 1 aromatic heterocycles. The van der Waals surface area contributed by atoms with Crippen molar-refractivity contribution >= 4 is 16.7 Å². The molecule has 3 aromatic rings. The number of aromatic hydroxyl groups is 2. The number of fused-ring (bicyclic) bond motifs is 3. The number of methoxy groups -OCH3 is 1. The van der Waals surface area contributed by atoms with Crippen LogP contribution in [0.25, 0.3) is 10.9 Å². The van der Waals surface area contributed by atoms with Crippen molar-refractivity contribution in [2.45, 2.75) is 13.5 Å². The molecule has 0 radical (unpaired) electrons. The summed E-state index contributed by atoms with van der Waals surface area (Å²) in [6, 6.07) is 8.65. The Bertz CT molecular complexity index is 1000. The van der Waals surface area contributed by atoms with Crippen molar-refractivity contribution in [2.75, 3.05) is 13.7 Å². The van der Waals surface area contributed by atoms with Gasteiger partial charge in [0.15, 0.2) is 17.3 Å². The second-order valence-corrected chi connectivity index (χ2v) is 6.05. The predicted molar refractivity (Wildman–Crippen MR) is 91.9 cm³/mol. The second kappa shape index (κ2) is 5.44. The van der Waals surface area contributed by atoms with Crippen molar-refractivity contribution in [3.63, 3.8) is 0 Å². The van der Waals surface area contributed by atoms with Gasteiger partial charge < -0.3 is 24.3 Å². The van der Waals surface area contributed by atoms with Crippen LogP contribution in [-0.2, 0) is 6.54 Å². The number of phenols is 2. The highest BCUT2D eigenvalue weighted by Crippen LogP contribution is 2.48. The number of hydrogen-bond donors (Lipinski definition) is 2. The molecule has 0 amide bonds. The summed E-state index contributed by atoms with van der Waals surface area (Å²) in [6.07, 6.45) is 0. The number of carbonyl (C=O) groups is 1. The first-order chi connectivity index (χ1) is 12.0. The summed E-state index contributed by atoms with van der Waals surface area (Å²) in [5.74, 6) is -0.329. The third-order valence-corrected chi connectivity index (χ3v) is 4.51. The average Bonchev–Trinajstić information content (AvgIpc) is 3.17. The van der Waals surface area contributed by atoms with Crippen LogP contribution in [0.1, 0.15) is 21.5 Å². The Morgan fingerprint density at radius 3 is 2.64 bits per heavy atom. The van der Waals surface area contributed by atoms with E-state index in [1.165, 1.54) is 13.2 Å². The first-order valence-corrected chi connectivity index (χ1v) is 7.92. The van der Waals surface area contributed by atoms with Gasteiger partial charge in [-0.05, 0) is 13.0 Å². The monoisotopic (exact) mass is 339 g/mol. The molecule has 2 heterocycles. The molecule has 4 rings (SSSR count). The molecule has 6 heteroatoms. The number of rotatable bonds is 3. The number of aromatic nitrogens is 1. The van der Waals surface area contributed by atoms with E-state index in [4.69, 9.17) is 9.47 Å². The minimum Gasteiger partial charge on any atom is -0.504 e. The van der Waals surface area contributed by atoms with Crippen LogP contribution in [0.3, 0.4) is 0 Å². The van der Waals surface area contributed by atoms with Crippen LogP contribution in [0.15, 0.2) is 30.3 Å². The van der Waals surface area contributed by atoms with Crippen LogP contribution < -0.4 is 9.47 Å². The Balaban J connectivity index is 2.03. The molecule has 0 fully saturated rings. The standard InChI is InChI=1S/C19H17NO5/c1-10-3-5-11(6-4-10)16(22)14-12-9-13(21)17(23)18(24-2)15(12)20-7-8-25-19(14)20/h3-6,9,21,23H,7-8H2,1-2H3. The quantitative estimate of drug-likeness (QED) is 0.566. The van der Waals surface area contributed by atoms with Gasteiger partial charge in [0.25, 0.3) is 0 Å². The van der Waals surface area contributed by atoms with E-state index < -0.39 is 0 Å². The molecule has 0 saturated heterocycles. The molecular weight excluding hydrogens is 322 g/mol. The van der Waals surface area contributed by atoms with Gasteiger partial charge in [0.1, 0.15) is 6.61 Å². The number of benzene rings is 2. The summed E-state index contributed by atoms with van der Waals surface area (Å²) in [5.41, 5.74) is 2.50. The molecule has 0 atom stereocenters. The molecule has 1 aliphatic rings. The van der Waals surface area contributed by atoms with E-state index >= 15 is 0 Å². The fourth-order valence-corrected chi connectivity index (χ4v) is 3.29. The fraction of sp³-hybridized carbons (Fsp3) is 0.211. The van der Waals surface area contributed by atoms with Gasteiger partial charge in [-0.3, -0.25) is 4.79 Å². The number of phenolic OH excluding ortho intramolecular Hbond substituents is 2. The van der Waals surface area contributed by atoms with Gasteiger partial charge in [-0.15, -0.1) is 0 Å². The van der Waals surface area contributed by atoms with Crippen LogP contribution in [0.2, 0.25) is 0 Å². The topological polar surface area (TPSA) is 80.9 Å². The zero-order chi connectivity index (χ0) is 17.7. The highest BCUT2D eigenvalue weighted by molar-refractivity contribution is 6.19. The zero-order valence-electron chi connectivity index (χ0n) is 13.9. The van der Waals surface area contributed by atoms with Crippen molar-refractivity contribution in [2.24, 2.45) is 0 Å². The predicted octanol–water partition coefficient (Wildman–Crippen LogP) is 2.99. The SMILES string of the molecule is COc1c(O)c(O)cc2c(C(=O)c3ccc(C)cc3)c3n(c12)CCO3. The average molecular weight is 339 g/mol. The van der Waals surface area contributed by atoms with Crippen LogP contribution in [0, 0.1) is 6.92 Å². The molecule has 0 spiro atoms. The normalized spacial score (nSPS) is 12.9. The molecule has 6 nitrogen and oxygen atoms in total. The van der Waals surface area contributed by atoms with Crippen molar-refractivity contribution in [3.8, 4) is 23.1 Å². The van der Waals surface area contributed by atoms with E-state index in [0.717, 1.165) is 5.56 Å². The number of ketones is 1. The maximum Gasteiger partial charge on any atom is 0.206 e. The van der Waals surface area contributed by atoms with E-state index in [9.17, 15) is 15.0 Å². The number of nitrogens with zero attached hydrogens (tertiary/aromatic N) is 1. The fourth-order valence-electron chi connectivity index (χ4n) is 3.29. The Morgan fingerprint density at radius 1 is 1.24 bits per heavy atom. The number of hydrogen-bond acceptors (Lipinski definition) is 5. The highest BCUT2D eigenvalue weighted by atomic mass is 16.5. The third kappa shape index (κ3) is 2.14. The summed E-state index contributed by atoms with van der Waals surface area (Å²) in [4.78, 5) is 13.1. The molecule has 2 N–H and O–H groups in total. The molecule has 0 aliphatic carbocycles. The number of carbonyl (C=O) groups excluding carboxylic acids is 1. The largest absolute Gasteiger partial charge is 0.504 e. The van der Waals surface area contributed by atoms with Crippen molar-refractivity contribution in [3.05, 3.63) is 47.0 Å². The minimum atomic E-state index is -0.350. The first kappa shape index (κ1) is 15.4. The van der Waals surface area contributed by atoms with Gasteiger partial charge in [0.2, 0.25) is 11.6 Å². The van der Waals surface area contributed by atoms with Crippen LogP contribution in [0.4, 0.5) is 0 Å². The lowest BCUT2D eigenvalue weighted by atomic mass is 10.0. The zero-order valence-corrected chi connectivity index (χ0v) is 13.9. The van der Waals surface area contributed by atoms with Crippen molar-refractivity contribution < 1.29 is 24.5 Å². The summed E-state index contributed by atoms with van der Waals surface area (Å²) in [6.45, 7) is 2.92. The summed E-state index contributed by atoms with van der Waals surface area (Å²) in [7, 11) is 1.41. The van der Waals surface area contributed by atoms with Crippen LogP contribution >= 0.6 is 0 Å². The Labute approximate surface area is 143 Å². The Kier molecular flexibility index (Phi) is 3.35. The van der Waals surface area contributed by atoms with Gasteiger partial charge in [0.05, 0.1) is 24.7 Å². The van der Waals surface area contributed by atoms with Gasteiger partial charge in [-0.25, -0.2) is 0 Å². The summed E-state index contributed by atoms with van der Waals surface area (Å²) < 4.78 is 12.8. The molecular formula is C19H17NO5. The van der Waals surface area contributed by atoms with Crippen molar-refractivity contribution in [1.29, 1.82) is 0 Å². The van der Waals surface area contributed by atoms with E-state index in [-0.39, 0.29) is 23.0 Å². The third-order valence-electron chi connectivity index (χ3n) is 4.51. The summed E-state index contributed by atoms with van der Waals surface area (Å²) in [5, 5.41) is 20.6. The van der Waals surface area contributed by atoms with Crippen molar-refractivity contribution in [1.82, 2.24) is 4.57 Å². The molecule has 0 bridgehead atoms. The molecule has 2 aromatic carbocycles. The van der Waals surface area contributed by atoms with Crippen LogP contribution in [0.5, 0.6) is 23.1 Å². The smallest absolute Gasteiger partial charge is 0.206 e. The van der Waals surface area contributed by atoms with Gasteiger partial charge in [-0.1, -0.05) is 29.8 Å². The Morgan fingerprint density at radius 2 is 1.96 bits per heavy atom. The van der Waals surface area contributed by atoms with Gasteiger partial charge in [0, 0.05) is 10.9 Å². The lowest BCUT2D eigenvalue weighted by Gasteiger charge is -2.09. The molecule has 128 valence electrons. The van der Waals surface area contributed by atoms with E-state index in [1.807, 2.05) is 19.1 Å². The minimum absolute atomic E-state index is 0.129. The lowest BCUT2D eigenvalue weighted by molar-refractivity contribution is 0.103. The van der Waals surface area contributed by atoms with E-state index in [1.54, 1.807) is 16.7 Å².